The molecule has 6 heteroatoms. The van der Waals surface area contributed by atoms with Gasteiger partial charge in [0.1, 0.15) is 12.2 Å². The van der Waals surface area contributed by atoms with Crippen molar-refractivity contribution in [3.05, 3.63) is 53.1 Å². The Hall–Kier alpha value is -2.63. The van der Waals surface area contributed by atoms with Gasteiger partial charge in [0.05, 0.1) is 7.11 Å². The Labute approximate surface area is 109 Å². The first-order valence-corrected chi connectivity index (χ1v) is 5.65. The van der Waals surface area contributed by atoms with Crippen LogP contribution in [0.25, 0.3) is 0 Å². The van der Waals surface area contributed by atoms with Crippen LogP contribution in [0.3, 0.4) is 0 Å². The van der Waals surface area contributed by atoms with Gasteiger partial charge in [-0.05, 0) is 18.2 Å². The van der Waals surface area contributed by atoms with Gasteiger partial charge in [-0.1, -0.05) is 6.07 Å². The van der Waals surface area contributed by atoms with E-state index >= 15 is 0 Å². The van der Waals surface area contributed by atoms with Gasteiger partial charge in [0.15, 0.2) is 0 Å². The molecule has 0 aromatic carbocycles. The predicted molar refractivity (Wildman–Crippen MR) is 70.1 cm³/mol. The van der Waals surface area contributed by atoms with E-state index in [1.54, 1.807) is 36.7 Å². The first-order chi connectivity index (χ1) is 9.20. The molecule has 0 unspecified atom stereocenters. The molecule has 0 saturated heterocycles. The van der Waals surface area contributed by atoms with Crippen LogP contribution >= 0.6 is 0 Å². The first kappa shape index (κ1) is 12.8. The second-order valence-electron chi connectivity index (χ2n) is 3.78. The molecule has 2 aromatic rings. The minimum Gasteiger partial charge on any atom is -0.480 e. The summed E-state index contributed by atoms with van der Waals surface area (Å²) in [5, 5.41) is 2.65. The SMILES string of the molecule is COc1ncccc1NC(=O)Cn1ccccc1=O. The Morgan fingerprint density at radius 2 is 2.21 bits per heavy atom. The summed E-state index contributed by atoms with van der Waals surface area (Å²) in [5.41, 5.74) is 0.245. The summed E-state index contributed by atoms with van der Waals surface area (Å²) in [4.78, 5) is 27.3. The van der Waals surface area contributed by atoms with Crippen LogP contribution in [0.2, 0.25) is 0 Å². The maximum absolute atomic E-state index is 11.8. The van der Waals surface area contributed by atoms with Crippen molar-refractivity contribution in [2.75, 3.05) is 12.4 Å². The molecule has 98 valence electrons. The molecule has 2 rings (SSSR count). The molecule has 1 amide bonds. The van der Waals surface area contributed by atoms with E-state index in [1.165, 1.54) is 17.7 Å². The van der Waals surface area contributed by atoms with E-state index in [4.69, 9.17) is 4.74 Å². The molecule has 0 aliphatic carbocycles. The summed E-state index contributed by atoms with van der Waals surface area (Å²) >= 11 is 0. The van der Waals surface area contributed by atoms with Gasteiger partial charge in [-0.15, -0.1) is 0 Å². The van der Waals surface area contributed by atoms with Gasteiger partial charge in [-0.3, -0.25) is 9.59 Å². The molecule has 19 heavy (non-hydrogen) atoms. The van der Waals surface area contributed by atoms with Crippen LogP contribution in [-0.4, -0.2) is 22.6 Å². The summed E-state index contributed by atoms with van der Waals surface area (Å²) in [5.74, 6) is 0.0101. The number of carbonyl (C=O) groups is 1. The molecule has 0 aliphatic heterocycles. The normalized spacial score (nSPS) is 9.95. The van der Waals surface area contributed by atoms with Crippen molar-refractivity contribution >= 4 is 11.6 Å². The highest BCUT2D eigenvalue weighted by Gasteiger charge is 2.08. The van der Waals surface area contributed by atoms with Gasteiger partial charge >= 0.3 is 0 Å². The number of aromatic nitrogens is 2. The van der Waals surface area contributed by atoms with Crippen LogP contribution < -0.4 is 15.6 Å². The van der Waals surface area contributed by atoms with E-state index in [2.05, 4.69) is 10.3 Å². The highest BCUT2D eigenvalue weighted by molar-refractivity contribution is 5.91. The van der Waals surface area contributed by atoms with Crippen molar-refractivity contribution in [2.24, 2.45) is 0 Å². The number of pyridine rings is 2. The average molecular weight is 259 g/mol. The van der Waals surface area contributed by atoms with E-state index in [0.29, 0.717) is 11.6 Å². The molecule has 0 atom stereocenters. The number of methoxy groups -OCH3 is 1. The fraction of sp³-hybridized carbons (Fsp3) is 0.154. The van der Waals surface area contributed by atoms with Crippen molar-refractivity contribution in [2.45, 2.75) is 6.54 Å². The van der Waals surface area contributed by atoms with E-state index in [0.717, 1.165) is 0 Å². The number of amides is 1. The highest BCUT2D eigenvalue weighted by atomic mass is 16.5. The molecule has 0 radical (unpaired) electrons. The van der Waals surface area contributed by atoms with Gasteiger partial charge in [-0.25, -0.2) is 4.98 Å². The Morgan fingerprint density at radius 3 is 2.95 bits per heavy atom. The summed E-state index contributed by atoms with van der Waals surface area (Å²) < 4.78 is 6.34. The number of hydrogen-bond donors (Lipinski definition) is 1. The number of nitrogens with zero attached hydrogens (tertiary/aromatic N) is 2. The van der Waals surface area contributed by atoms with Crippen LogP contribution in [0.1, 0.15) is 0 Å². The van der Waals surface area contributed by atoms with Crippen LogP contribution in [0.15, 0.2) is 47.5 Å². The monoisotopic (exact) mass is 259 g/mol. The van der Waals surface area contributed by atoms with Gasteiger partial charge in [-0.2, -0.15) is 0 Å². The van der Waals surface area contributed by atoms with E-state index in [1.807, 2.05) is 0 Å². The molecule has 2 heterocycles. The van der Waals surface area contributed by atoms with Crippen molar-refractivity contribution in [1.82, 2.24) is 9.55 Å². The zero-order chi connectivity index (χ0) is 13.7. The maximum atomic E-state index is 11.8. The molecule has 6 nitrogen and oxygen atoms in total. The predicted octanol–water partition coefficient (Wildman–Crippen LogP) is 0.891. The quantitative estimate of drug-likeness (QED) is 0.885. The third kappa shape index (κ3) is 3.19. The molecule has 0 fully saturated rings. The maximum Gasteiger partial charge on any atom is 0.250 e. The summed E-state index contributed by atoms with van der Waals surface area (Å²) in [6, 6.07) is 8.09. The van der Waals surface area contributed by atoms with Gasteiger partial charge < -0.3 is 14.6 Å². The fourth-order valence-electron chi connectivity index (χ4n) is 1.58. The number of hydrogen-bond acceptors (Lipinski definition) is 4. The fourth-order valence-corrected chi connectivity index (χ4v) is 1.58. The van der Waals surface area contributed by atoms with Gasteiger partial charge in [0.2, 0.25) is 11.8 Å². The lowest BCUT2D eigenvalue weighted by Gasteiger charge is -2.09. The second-order valence-corrected chi connectivity index (χ2v) is 3.78. The van der Waals surface area contributed by atoms with E-state index < -0.39 is 0 Å². The van der Waals surface area contributed by atoms with E-state index in [9.17, 15) is 9.59 Å². The Morgan fingerprint density at radius 1 is 1.37 bits per heavy atom. The number of ether oxygens (including phenoxy) is 1. The number of nitrogens with one attached hydrogen (secondary N) is 1. The molecule has 0 spiro atoms. The smallest absolute Gasteiger partial charge is 0.250 e. The average Bonchev–Trinajstić information content (AvgIpc) is 2.42. The molecule has 2 aromatic heterocycles. The first-order valence-electron chi connectivity index (χ1n) is 5.65. The van der Waals surface area contributed by atoms with Crippen molar-refractivity contribution in [3.8, 4) is 5.88 Å². The standard InChI is InChI=1S/C13H13N3O3/c1-19-13-10(5-4-7-14-13)15-11(17)9-16-8-3-2-6-12(16)18/h2-8H,9H2,1H3,(H,15,17). The minimum absolute atomic E-state index is 0.0578. The second kappa shape index (κ2) is 5.81. The largest absolute Gasteiger partial charge is 0.480 e. The molecule has 0 saturated carbocycles. The lowest BCUT2D eigenvalue weighted by molar-refractivity contribution is -0.116. The Kier molecular flexibility index (Phi) is 3.92. The Bertz CT molecular complexity index is 637. The van der Waals surface area contributed by atoms with Gasteiger partial charge in [0.25, 0.3) is 5.56 Å². The van der Waals surface area contributed by atoms with Crippen molar-refractivity contribution < 1.29 is 9.53 Å². The zero-order valence-electron chi connectivity index (χ0n) is 10.4. The van der Waals surface area contributed by atoms with Crippen LogP contribution in [0.4, 0.5) is 5.69 Å². The van der Waals surface area contributed by atoms with Crippen molar-refractivity contribution in [3.63, 3.8) is 0 Å². The Balaban J connectivity index is 2.10. The number of carbonyl (C=O) groups excluding carboxylic acids is 1. The molecule has 0 aliphatic rings. The third-order valence-corrected chi connectivity index (χ3v) is 2.45. The minimum atomic E-state index is -0.320. The summed E-state index contributed by atoms with van der Waals surface area (Å²) in [7, 11) is 1.47. The van der Waals surface area contributed by atoms with E-state index in [-0.39, 0.29) is 18.0 Å². The zero-order valence-corrected chi connectivity index (χ0v) is 10.4. The number of anilines is 1. The van der Waals surface area contributed by atoms with Gasteiger partial charge in [0, 0.05) is 18.5 Å². The topological polar surface area (TPSA) is 73.2 Å². The van der Waals surface area contributed by atoms with Crippen LogP contribution in [0.5, 0.6) is 5.88 Å². The molecular weight excluding hydrogens is 246 g/mol. The molecular formula is C13H13N3O3. The summed E-state index contributed by atoms with van der Waals surface area (Å²) in [6.07, 6.45) is 3.12. The molecule has 0 bridgehead atoms. The summed E-state index contributed by atoms with van der Waals surface area (Å²) in [6.45, 7) is -0.0578. The van der Waals surface area contributed by atoms with Crippen LogP contribution in [0, 0.1) is 0 Å². The van der Waals surface area contributed by atoms with Crippen LogP contribution in [-0.2, 0) is 11.3 Å². The lowest BCUT2D eigenvalue weighted by Crippen LogP contribution is -2.26. The van der Waals surface area contributed by atoms with Crippen molar-refractivity contribution in [1.29, 1.82) is 0 Å². The number of rotatable bonds is 4. The lowest BCUT2D eigenvalue weighted by atomic mass is 10.4. The highest BCUT2D eigenvalue weighted by Crippen LogP contribution is 2.19. The molecule has 1 N–H and O–H groups in total. The third-order valence-electron chi connectivity index (χ3n) is 2.45.